The van der Waals surface area contributed by atoms with E-state index in [2.05, 4.69) is 13.2 Å². The Balaban J connectivity index is 0. The lowest BCUT2D eigenvalue weighted by atomic mass is 10.3. The third kappa shape index (κ3) is 17.2. The van der Waals surface area contributed by atoms with E-state index in [1.54, 1.807) is 6.08 Å². The first kappa shape index (κ1) is 19.2. The Morgan fingerprint density at radius 1 is 1.50 bits per heavy atom. The molecule has 0 aromatic carbocycles. The summed E-state index contributed by atoms with van der Waals surface area (Å²) in [4.78, 5) is 9.49. The number of carbonyl (C=O) groups excluding carboxylic acids is 1. The molecule has 0 aliphatic rings. The van der Waals surface area contributed by atoms with Gasteiger partial charge in [0.1, 0.15) is 12.6 Å². The highest BCUT2D eigenvalue weighted by Gasteiger charge is 2.14. The molecule has 18 heavy (non-hydrogen) atoms. The predicted octanol–water partition coefficient (Wildman–Crippen LogP) is -0.431. The summed E-state index contributed by atoms with van der Waals surface area (Å²) in [5.74, 6) is -1.19. The molecule has 1 atom stereocenters. The van der Waals surface area contributed by atoms with Gasteiger partial charge in [-0.25, -0.2) is 0 Å². The van der Waals surface area contributed by atoms with Crippen LogP contribution in [-0.2, 0) is 9.53 Å². The maximum atomic E-state index is 9.49. The summed E-state index contributed by atoms with van der Waals surface area (Å²) in [5.41, 5.74) is 0.0648. The van der Waals surface area contributed by atoms with E-state index < -0.39 is 5.97 Å². The second kappa shape index (κ2) is 9.82. The van der Waals surface area contributed by atoms with Crippen LogP contribution in [0, 0.1) is 0 Å². The Hall–Kier alpha value is -1.17. The fourth-order valence-electron chi connectivity index (χ4n) is 0.972. The summed E-state index contributed by atoms with van der Waals surface area (Å²) < 4.78 is 5.86. The summed E-state index contributed by atoms with van der Waals surface area (Å²) in [6.07, 6.45) is 1.29. The van der Waals surface area contributed by atoms with E-state index in [4.69, 9.17) is 4.74 Å². The number of aliphatic hydroxyl groups is 1. The van der Waals surface area contributed by atoms with E-state index in [0.717, 1.165) is 4.48 Å². The molecule has 1 unspecified atom stereocenters. The number of ether oxygens (including phenoxy) is 1. The molecule has 1 N–H and O–H groups in total. The molecule has 0 amide bonds. The van der Waals surface area contributed by atoms with Crippen LogP contribution in [0.5, 0.6) is 0 Å². The standard InChI is InChI=1S/C9H20NO2.C4H6O2/c1-5-6-12-8-9(11)7-10(2,3)4;1-3(2)4(5)6/h5,9,11H,1,6-8H2,2-4H3;1H2,2H3,(H,5,6)/q+1;/p-1. The Morgan fingerprint density at radius 2 is 1.94 bits per heavy atom. The lowest BCUT2D eigenvalue weighted by Gasteiger charge is -2.26. The van der Waals surface area contributed by atoms with E-state index in [9.17, 15) is 15.0 Å². The van der Waals surface area contributed by atoms with Gasteiger partial charge in [0.15, 0.2) is 0 Å². The molecule has 0 aromatic heterocycles. The number of likely N-dealkylation sites (N-methyl/N-ethyl adjacent to an activating group) is 1. The van der Waals surface area contributed by atoms with Crippen LogP contribution >= 0.6 is 0 Å². The lowest BCUT2D eigenvalue weighted by Crippen LogP contribution is -2.42. The molecule has 0 rings (SSSR count). The normalized spacial score (nSPS) is 12.1. The zero-order valence-electron chi connectivity index (χ0n) is 11.8. The second-order valence-corrected chi connectivity index (χ2v) is 5.02. The first-order chi connectivity index (χ1) is 8.10. The maximum absolute atomic E-state index is 9.49. The van der Waals surface area contributed by atoms with Crippen molar-refractivity contribution in [3.63, 3.8) is 0 Å². The third-order valence-electron chi connectivity index (χ3n) is 1.65. The Labute approximate surface area is 110 Å². The second-order valence-electron chi connectivity index (χ2n) is 5.02. The largest absolute Gasteiger partial charge is 0.545 e. The van der Waals surface area contributed by atoms with Crippen molar-refractivity contribution in [3.8, 4) is 0 Å². The summed E-state index contributed by atoms with van der Waals surface area (Å²) in [5, 5.41) is 18.9. The Kier molecular flexibility index (Phi) is 10.5. The molecule has 0 aliphatic carbocycles. The fraction of sp³-hybridized carbons (Fsp3) is 0.615. The van der Waals surface area contributed by atoms with E-state index in [1.165, 1.54) is 6.92 Å². The average Bonchev–Trinajstić information content (AvgIpc) is 2.16. The highest BCUT2D eigenvalue weighted by molar-refractivity contribution is 5.82. The quantitative estimate of drug-likeness (QED) is 0.291. The first-order valence-electron chi connectivity index (χ1n) is 5.64. The van der Waals surface area contributed by atoms with Gasteiger partial charge in [0.2, 0.25) is 0 Å². The van der Waals surface area contributed by atoms with Gasteiger partial charge in [0.05, 0.1) is 40.3 Å². The molecule has 0 aromatic rings. The molecule has 0 saturated carbocycles. The van der Waals surface area contributed by atoms with Gasteiger partial charge in [0.25, 0.3) is 0 Å². The van der Waals surface area contributed by atoms with Gasteiger partial charge in [0, 0.05) is 0 Å². The van der Waals surface area contributed by atoms with Crippen molar-refractivity contribution in [2.24, 2.45) is 0 Å². The number of carbonyl (C=O) groups is 1. The zero-order chi connectivity index (χ0) is 14.8. The number of carboxylic acids is 1. The number of aliphatic carboxylic acids is 1. The van der Waals surface area contributed by atoms with Gasteiger partial charge >= 0.3 is 0 Å². The van der Waals surface area contributed by atoms with Gasteiger partial charge in [-0.05, 0) is 12.5 Å². The number of hydrogen-bond donors (Lipinski definition) is 1. The van der Waals surface area contributed by atoms with Crippen molar-refractivity contribution in [2.75, 3.05) is 40.9 Å². The van der Waals surface area contributed by atoms with Crippen LogP contribution in [0.4, 0.5) is 0 Å². The van der Waals surface area contributed by atoms with Gasteiger partial charge in [-0.3, -0.25) is 0 Å². The minimum Gasteiger partial charge on any atom is -0.545 e. The van der Waals surface area contributed by atoms with Crippen LogP contribution in [0.15, 0.2) is 24.8 Å². The summed E-state index contributed by atoms with van der Waals surface area (Å²) in [6, 6.07) is 0. The minimum absolute atomic E-state index is 0.0648. The highest BCUT2D eigenvalue weighted by Crippen LogP contribution is 1.95. The molecule has 0 aliphatic heterocycles. The van der Waals surface area contributed by atoms with Crippen LogP contribution in [0.1, 0.15) is 6.92 Å². The maximum Gasteiger partial charge on any atom is 0.126 e. The summed E-state index contributed by atoms with van der Waals surface area (Å²) in [7, 11) is 6.12. The van der Waals surface area contributed by atoms with Crippen molar-refractivity contribution < 1.29 is 24.2 Å². The number of nitrogens with zero attached hydrogens (tertiary/aromatic N) is 1. The number of aliphatic hydroxyl groups excluding tert-OH is 1. The summed E-state index contributed by atoms with van der Waals surface area (Å²) >= 11 is 0. The topological polar surface area (TPSA) is 69.6 Å². The zero-order valence-corrected chi connectivity index (χ0v) is 11.8. The molecule has 106 valence electrons. The number of hydrogen-bond acceptors (Lipinski definition) is 4. The average molecular weight is 259 g/mol. The molecule has 0 heterocycles. The van der Waals surface area contributed by atoms with Crippen LogP contribution in [0.2, 0.25) is 0 Å². The molecule has 5 nitrogen and oxygen atoms in total. The predicted molar refractivity (Wildman–Crippen MR) is 69.7 cm³/mol. The van der Waals surface area contributed by atoms with Gasteiger partial charge in [-0.1, -0.05) is 12.7 Å². The molecular formula is C13H25NO4. The highest BCUT2D eigenvalue weighted by atomic mass is 16.5. The van der Waals surface area contributed by atoms with Crippen molar-refractivity contribution in [3.05, 3.63) is 24.8 Å². The third-order valence-corrected chi connectivity index (χ3v) is 1.65. The van der Waals surface area contributed by atoms with Crippen molar-refractivity contribution in [1.29, 1.82) is 0 Å². The van der Waals surface area contributed by atoms with Crippen molar-refractivity contribution >= 4 is 5.97 Å². The van der Waals surface area contributed by atoms with Crippen LogP contribution in [-0.4, -0.2) is 62.6 Å². The van der Waals surface area contributed by atoms with Crippen LogP contribution < -0.4 is 5.11 Å². The van der Waals surface area contributed by atoms with Gasteiger partial charge in [-0.2, -0.15) is 0 Å². The van der Waals surface area contributed by atoms with Gasteiger partial charge < -0.3 is 24.2 Å². The summed E-state index contributed by atoms with van der Waals surface area (Å²) in [6.45, 7) is 9.60. The monoisotopic (exact) mass is 259 g/mol. The smallest absolute Gasteiger partial charge is 0.126 e. The fourth-order valence-corrected chi connectivity index (χ4v) is 0.972. The van der Waals surface area contributed by atoms with Crippen molar-refractivity contribution in [2.45, 2.75) is 13.0 Å². The Bertz CT molecular complexity index is 257. The van der Waals surface area contributed by atoms with E-state index in [-0.39, 0.29) is 11.7 Å². The molecule has 0 radical (unpaired) electrons. The van der Waals surface area contributed by atoms with Gasteiger partial charge in [-0.15, -0.1) is 6.58 Å². The van der Waals surface area contributed by atoms with E-state index in [1.807, 2.05) is 21.1 Å². The SMILES string of the molecule is C=C(C)C(=O)[O-].C=CCOCC(O)C[N+](C)(C)C. The Morgan fingerprint density at radius 3 is 2.22 bits per heavy atom. The van der Waals surface area contributed by atoms with Crippen LogP contribution in [0.25, 0.3) is 0 Å². The number of carboxylic acid groups (broad SMARTS) is 1. The van der Waals surface area contributed by atoms with Crippen LogP contribution in [0.3, 0.4) is 0 Å². The molecule has 5 heteroatoms. The minimum atomic E-state index is -1.19. The van der Waals surface area contributed by atoms with Crippen molar-refractivity contribution in [1.82, 2.24) is 0 Å². The number of rotatable bonds is 7. The molecule has 0 fully saturated rings. The molecule has 0 spiro atoms. The number of quaternary nitrogens is 1. The first-order valence-corrected chi connectivity index (χ1v) is 5.64. The molecular weight excluding hydrogens is 234 g/mol. The van der Waals surface area contributed by atoms with E-state index >= 15 is 0 Å². The molecule has 0 saturated heterocycles. The van der Waals surface area contributed by atoms with E-state index in [0.29, 0.717) is 19.8 Å². The lowest BCUT2D eigenvalue weighted by molar-refractivity contribution is -0.873. The molecule has 0 bridgehead atoms.